The molecule has 0 unspecified atom stereocenters. The monoisotopic (exact) mass is 242 g/mol. The van der Waals surface area contributed by atoms with Crippen LogP contribution in [0.1, 0.15) is 0 Å². The fourth-order valence-corrected chi connectivity index (χ4v) is 1.74. The van der Waals surface area contributed by atoms with Gasteiger partial charge in [-0.05, 0) is 0 Å². The molecule has 5 heteroatoms. The molecule has 0 radical (unpaired) electrons. The summed E-state index contributed by atoms with van der Waals surface area (Å²) in [6.07, 6.45) is 3.06. The van der Waals surface area contributed by atoms with Crippen LogP contribution in [-0.4, -0.2) is 19.9 Å². The van der Waals surface area contributed by atoms with Crippen molar-refractivity contribution >= 4 is 22.8 Å². The van der Waals surface area contributed by atoms with Gasteiger partial charge in [-0.15, -0.1) is 0 Å². The first kappa shape index (κ1) is 10.1. The summed E-state index contributed by atoms with van der Waals surface area (Å²) in [6.45, 7) is 0. The van der Waals surface area contributed by atoms with E-state index >= 15 is 0 Å². The summed E-state index contributed by atoms with van der Waals surface area (Å²) in [5.74, 6) is 0. The molecule has 0 fully saturated rings. The van der Waals surface area contributed by atoms with Gasteiger partial charge in [0.15, 0.2) is 10.8 Å². The molecule has 0 spiro atoms. The molecule has 0 aliphatic rings. The zero-order valence-corrected chi connectivity index (χ0v) is 9.46. The smallest absolute Gasteiger partial charge is 0.183 e. The molecular weight excluding hydrogens is 236 g/mol. The Morgan fingerprint density at radius 3 is 2.59 bits per heavy atom. The quantitative estimate of drug-likeness (QED) is 0.616. The van der Waals surface area contributed by atoms with Crippen LogP contribution in [0.4, 0.5) is 0 Å². The maximum atomic E-state index is 5.90. The first-order chi connectivity index (χ1) is 8.34. The Labute approximate surface area is 102 Å². The molecule has 0 bridgehead atoms. The summed E-state index contributed by atoms with van der Waals surface area (Å²) in [6, 6.07) is 9.80. The van der Waals surface area contributed by atoms with E-state index in [4.69, 9.17) is 11.6 Å². The topological polar surface area (TPSA) is 51.6 Å². The van der Waals surface area contributed by atoms with Gasteiger partial charge in [-0.25, -0.2) is 19.9 Å². The summed E-state index contributed by atoms with van der Waals surface area (Å²) in [4.78, 5) is 16.6. The van der Waals surface area contributed by atoms with Crippen LogP contribution in [0.3, 0.4) is 0 Å². The number of rotatable bonds is 1. The van der Waals surface area contributed by atoms with Gasteiger partial charge in [0.25, 0.3) is 0 Å². The van der Waals surface area contributed by atoms with E-state index in [1.165, 1.54) is 6.33 Å². The van der Waals surface area contributed by atoms with Crippen molar-refractivity contribution in [1.82, 2.24) is 19.9 Å². The van der Waals surface area contributed by atoms with Gasteiger partial charge in [0.05, 0.1) is 11.9 Å². The summed E-state index contributed by atoms with van der Waals surface area (Å²) in [7, 11) is 0. The second-order valence-electron chi connectivity index (χ2n) is 3.46. The molecular formula is C12H7ClN4. The normalized spacial score (nSPS) is 10.6. The Kier molecular flexibility index (Phi) is 2.42. The molecule has 0 aliphatic carbocycles. The summed E-state index contributed by atoms with van der Waals surface area (Å²) in [5.41, 5.74) is 2.80. The van der Waals surface area contributed by atoms with Gasteiger partial charge < -0.3 is 0 Å². The molecule has 3 aromatic rings. The van der Waals surface area contributed by atoms with Crippen molar-refractivity contribution in [3.63, 3.8) is 0 Å². The van der Waals surface area contributed by atoms with E-state index < -0.39 is 0 Å². The zero-order valence-electron chi connectivity index (χ0n) is 8.71. The second kappa shape index (κ2) is 4.07. The van der Waals surface area contributed by atoms with E-state index in [2.05, 4.69) is 19.9 Å². The van der Waals surface area contributed by atoms with Gasteiger partial charge in [0, 0.05) is 5.56 Å². The number of halogens is 1. The number of hydrogen-bond donors (Lipinski definition) is 0. The molecule has 3 rings (SSSR count). The highest BCUT2D eigenvalue weighted by molar-refractivity contribution is 6.33. The van der Waals surface area contributed by atoms with Crippen LogP contribution in [0.2, 0.25) is 5.15 Å². The summed E-state index contributed by atoms with van der Waals surface area (Å²) < 4.78 is 0. The van der Waals surface area contributed by atoms with Crippen LogP contribution >= 0.6 is 11.6 Å². The minimum Gasteiger partial charge on any atom is -0.247 e. The first-order valence-corrected chi connectivity index (χ1v) is 5.41. The van der Waals surface area contributed by atoms with Crippen molar-refractivity contribution < 1.29 is 0 Å². The van der Waals surface area contributed by atoms with Gasteiger partial charge in [0.2, 0.25) is 0 Å². The van der Waals surface area contributed by atoms with Crippen molar-refractivity contribution in [2.45, 2.75) is 0 Å². The molecule has 2 heterocycles. The number of fused-ring (bicyclic) bond motifs is 1. The van der Waals surface area contributed by atoms with Crippen molar-refractivity contribution in [3.05, 3.63) is 48.0 Å². The second-order valence-corrected chi connectivity index (χ2v) is 3.82. The van der Waals surface area contributed by atoms with Crippen LogP contribution < -0.4 is 0 Å². The Morgan fingerprint density at radius 1 is 0.941 bits per heavy atom. The fourth-order valence-electron chi connectivity index (χ4n) is 1.56. The molecule has 0 amide bonds. The lowest BCUT2D eigenvalue weighted by atomic mass is 10.2. The summed E-state index contributed by atoms with van der Waals surface area (Å²) in [5, 5.41) is 0.321. The van der Waals surface area contributed by atoms with Crippen LogP contribution in [0.5, 0.6) is 0 Å². The van der Waals surface area contributed by atoms with Crippen LogP contribution in [0.15, 0.2) is 42.9 Å². The maximum absolute atomic E-state index is 5.90. The fraction of sp³-hybridized carbons (Fsp3) is 0. The lowest BCUT2D eigenvalue weighted by molar-refractivity contribution is 1.15. The minimum atomic E-state index is 0.321. The molecule has 4 nitrogen and oxygen atoms in total. The van der Waals surface area contributed by atoms with Gasteiger partial charge in [0.1, 0.15) is 11.8 Å². The average molecular weight is 243 g/mol. The SMILES string of the molecule is Clc1ncnc2nc(-c3ccccc3)cnc12. The highest BCUT2D eigenvalue weighted by Gasteiger charge is 2.06. The molecule has 17 heavy (non-hydrogen) atoms. The van der Waals surface area contributed by atoms with Gasteiger partial charge in [-0.3, -0.25) is 0 Å². The molecule has 82 valence electrons. The zero-order chi connectivity index (χ0) is 11.7. The van der Waals surface area contributed by atoms with Crippen LogP contribution in [-0.2, 0) is 0 Å². The standard InChI is InChI=1S/C12H7ClN4/c13-11-10-12(16-7-15-11)17-9(6-14-10)8-4-2-1-3-5-8/h1-7H. The predicted octanol–water partition coefficient (Wildman–Crippen LogP) is 2.74. The van der Waals surface area contributed by atoms with Crippen molar-refractivity contribution in [2.24, 2.45) is 0 Å². The first-order valence-electron chi connectivity index (χ1n) is 5.03. The van der Waals surface area contributed by atoms with Gasteiger partial charge in [-0.1, -0.05) is 41.9 Å². The van der Waals surface area contributed by atoms with Gasteiger partial charge in [-0.2, -0.15) is 0 Å². The number of hydrogen-bond acceptors (Lipinski definition) is 4. The van der Waals surface area contributed by atoms with E-state index in [-0.39, 0.29) is 0 Å². The van der Waals surface area contributed by atoms with E-state index in [1.54, 1.807) is 6.20 Å². The molecule has 0 aliphatic heterocycles. The Bertz CT molecular complexity index is 670. The van der Waals surface area contributed by atoms with E-state index in [0.717, 1.165) is 11.3 Å². The van der Waals surface area contributed by atoms with Crippen LogP contribution in [0, 0.1) is 0 Å². The predicted molar refractivity (Wildman–Crippen MR) is 65.6 cm³/mol. The van der Waals surface area contributed by atoms with Crippen molar-refractivity contribution in [3.8, 4) is 11.3 Å². The highest BCUT2D eigenvalue weighted by atomic mass is 35.5. The largest absolute Gasteiger partial charge is 0.247 e. The third-order valence-electron chi connectivity index (χ3n) is 2.37. The highest BCUT2D eigenvalue weighted by Crippen LogP contribution is 2.20. The lowest BCUT2D eigenvalue weighted by Crippen LogP contribution is -1.93. The van der Waals surface area contributed by atoms with E-state index in [9.17, 15) is 0 Å². The third kappa shape index (κ3) is 1.83. The molecule has 0 N–H and O–H groups in total. The Balaban J connectivity index is 2.21. The average Bonchev–Trinajstić information content (AvgIpc) is 2.40. The molecule has 0 saturated heterocycles. The summed E-state index contributed by atoms with van der Waals surface area (Å²) >= 11 is 5.90. The van der Waals surface area contributed by atoms with Crippen molar-refractivity contribution in [1.29, 1.82) is 0 Å². The molecule has 1 aromatic carbocycles. The molecule has 0 saturated carbocycles. The molecule has 0 atom stereocenters. The maximum Gasteiger partial charge on any atom is 0.183 e. The van der Waals surface area contributed by atoms with E-state index in [0.29, 0.717) is 16.3 Å². The Hall–Kier alpha value is -2.07. The number of aromatic nitrogens is 4. The van der Waals surface area contributed by atoms with E-state index in [1.807, 2.05) is 30.3 Å². The van der Waals surface area contributed by atoms with Gasteiger partial charge >= 0.3 is 0 Å². The Morgan fingerprint density at radius 2 is 1.76 bits per heavy atom. The van der Waals surface area contributed by atoms with Crippen LogP contribution in [0.25, 0.3) is 22.4 Å². The number of nitrogens with zero attached hydrogens (tertiary/aromatic N) is 4. The third-order valence-corrected chi connectivity index (χ3v) is 2.65. The van der Waals surface area contributed by atoms with Crippen molar-refractivity contribution in [2.75, 3.05) is 0 Å². The minimum absolute atomic E-state index is 0.321. The number of benzene rings is 1. The molecule has 2 aromatic heterocycles. The lowest BCUT2D eigenvalue weighted by Gasteiger charge is -2.01.